The van der Waals surface area contributed by atoms with Gasteiger partial charge in [-0.15, -0.1) is 0 Å². The van der Waals surface area contributed by atoms with Gasteiger partial charge in [-0.1, -0.05) is 0 Å². The molecule has 1 aromatic carbocycles. The van der Waals surface area contributed by atoms with E-state index in [0.29, 0.717) is 29.2 Å². The smallest absolute Gasteiger partial charge is 0.335 e. The Morgan fingerprint density at radius 2 is 2.15 bits per heavy atom. The average Bonchev–Trinajstić information content (AvgIpc) is 2.40. The number of hydrogen-bond donors (Lipinski definition) is 1. The second kappa shape index (κ2) is 8.11. The maximum absolute atomic E-state index is 11.1. The first-order valence-electron chi connectivity index (χ1n) is 6.34. The molecule has 0 radical (unpaired) electrons. The van der Waals surface area contributed by atoms with E-state index in [9.17, 15) is 4.79 Å². The van der Waals surface area contributed by atoms with Gasteiger partial charge in [0.2, 0.25) is 0 Å². The van der Waals surface area contributed by atoms with Crippen LogP contribution in [0.4, 0.5) is 0 Å². The highest BCUT2D eigenvalue weighted by Gasteiger charge is 2.17. The zero-order chi connectivity index (χ0) is 15.1. The quantitative estimate of drug-likeness (QED) is 0.781. The summed E-state index contributed by atoms with van der Waals surface area (Å²) in [7, 11) is 1.63. The average molecular weight is 347 g/mol. The fourth-order valence-electron chi connectivity index (χ4n) is 1.61. The number of carboxylic acid groups (broad SMARTS) is 1. The van der Waals surface area contributed by atoms with Gasteiger partial charge in [0, 0.05) is 20.1 Å². The molecule has 5 nitrogen and oxygen atoms in total. The summed E-state index contributed by atoms with van der Waals surface area (Å²) in [6.45, 7) is 4.78. The monoisotopic (exact) mass is 346 g/mol. The fourth-order valence-corrected chi connectivity index (χ4v) is 2.15. The summed E-state index contributed by atoms with van der Waals surface area (Å²) in [5, 5.41) is 9.06. The lowest BCUT2D eigenvalue weighted by Gasteiger charge is -2.19. The third-order valence-electron chi connectivity index (χ3n) is 2.60. The first-order valence-corrected chi connectivity index (χ1v) is 7.14. The van der Waals surface area contributed by atoms with E-state index in [-0.39, 0.29) is 11.7 Å². The molecule has 1 aromatic rings. The second-order valence-electron chi connectivity index (χ2n) is 4.23. The first kappa shape index (κ1) is 16.8. The molecule has 112 valence electrons. The van der Waals surface area contributed by atoms with Gasteiger partial charge in [0.25, 0.3) is 0 Å². The van der Waals surface area contributed by atoms with Crippen LogP contribution in [0, 0.1) is 0 Å². The summed E-state index contributed by atoms with van der Waals surface area (Å²) in [5.74, 6) is -0.0744. The zero-order valence-corrected chi connectivity index (χ0v) is 13.4. The minimum Gasteiger partial charge on any atom is -0.490 e. The van der Waals surface area contributed by atoms with Crippen LogP contribution >= 0.6 is 15.9 Å². The van der Waals surface area contributed by atoms with Crippen molar-refractivity contribution in [3.05, 3.63) is 22.2 Å². The van der Waals surface area contributed by atoms with Gasteiger partial charge in [0.1, 0.15) is 0 Å². The molecule has 0 spiro atoms. The molecule has 1 rings (SSSR count). The Hall–Kier alpha value is -1.27. The van der Waals surface area contributed by atoms with Crippen LogP contribution in [-0.2, 0) is 4.74 Å². The molecular weight excluding hydrogens is 328 g/mol. The third kappa shape index (κ3) is 4.68. The molecule has 6 heteroatoms. The summed E-state index contributed by atoms with van der Waals surface area (Å²) in [5.41, 5.74) is 0.150. The van der Waals surface area contributed by atoms with Gasteiger partial charge in [0.05, 0.1) is 22.7 Å². The van der Waals surface area contributed by atoms with Crippen molar-refractivity contribution in [3.63, 3.8) is 0 Å². The third-order valence-corrected chi connectivity index (χ3v) is 3.19. The van der Waals surface area contributed by atoms with Crippen molar-refractivity contribution in [3.8, 4) is 11.5 Å². The Balaban J connectivity index is 3.01. The van der Waals surface area contributed by atoms with Crippen molar-refractivity contribution >= 4 is 21.9 Å². The standard InChI is InChI=1S/C14H19BrO5/c1-4-19-12-8-10(14(16)17)7-11(15)13(12)20-9(2)5-6-18-3/h7-9H,4-6H2,1-3H3,(H,16,17). The van der Waals surface area contributed by atoms with Crippen LogP contribution in [0.5, 0.6) is 11.5 Å². The summed E-state index contributed by atoms with van der Waals surface area (Å²) >= 11 is 3.33. The van der Waals surface area contributed by atoms with E-state index in [4.69, 9.17) is 19.3 Å². The molecule has 0 aliphatic rings. The van der Waals surface area contributed by atoms with Crippen molar-refractivity contribution in [2.75, 3.05) is 20.3 Å². The van der Waals surface area contributed by atoms with Gasteiger partial charge in [-0.25, -0.2) is 4.79 Å². The predicted molar refractivity (Wildman–Crippen MR) is 78.9 cm³/mol. The van der Waals surface area contributed by atoms with E-state index in [0.717, 1.165) is 6.42 Å². The Labute approximate surface area is 127 Å². The summed E-state index contributed by atoms with van der Waals surface area (Å²) in [6.07, 6.45) is 0.663. The van der Waals surface area contributed by atoms with Crippen molar-refractivity contribution < 1.29 is 24.1 Å². The lowest BCUT2D eigenvalue weighted by atomic mass is 10.2. The number of halogens is 1. The molecule has 0 saturated heterocycles. The number of benzene rings is 1. The van der Waals surface area contributed by atoms with Crippen molar-refractivity contribution in [2.24, 2.45) is 0 Å². The Bertz CT molecular complexity index is 461. The van der Waals surface area contributed by atoms with Crippen molar-refractivity contribution in [1.82, 2.24) is 0 Å². The van der Waals surface area contributed by atoms with Crippen LogP contribution in [0.15, 0.2) is 16.6 Å². The van der Waals surface area contributed by atoms with Gasteiger partial charge < -0.3 is 19.3 Å². The van der Waals surface area contributed by atoms with E-state index < -0.39 is 5.97 Å². The highest BCUT2D eigenvalue weighted by molar-refractivity contribution is 9.10. The minimum absolute atomic E-state index is 0.0684. The molecule has 0 aliphatic heterocycles. The number of carbonyl (C=O) groups is 1. The lowest BCUT2D eigenvalue weighted by Crippen LogP contribution is -2.15. The largest absolute Gasteiger partial charge is 0.490 e. The first-order chi connectivity index (χ1) is 9.49. The molecule has 1 atom stereocenters. The number of methoxy groups -OCH3 is 1. The molecule has 0 saturated carbocycles. The summed E-state index contributed by atoms with van der Waals surface area (Å²) < 4.78 is 16.9. The lowest BCUT2D eigenvalue weighted by molar-refractivity contribution is 0.0696. The Morgan fingerprint density at radius 1 is 1.45 bits per heavy atom. The van der Waals surface area contributed by atoms with E-state index in [1.807, 2.05) is 13.8 Å². The number of carboxylic acids is 1. The van der Waals surface area contributed by atoms with E-state index in [1.165, 1.54) is 12.1 Å². The van der Waals surface area contributed by atoms with E-state index in [1.54, 1.807) is 7.11 Å². The summed E-state index contributed by atoms with van der Waals surface area (Å²) in [4.78, 5) is 11.1. The molecular formula is C14H19BrO5. The molecule has 1 unspecified atom stereocenters. The SMILES string of the molecule is CCOc1cc(C(=O)O)cc(Br)c1OC(C)CCOC. The van der Waals surface area contributed by atoms with Crippen LogP contribution in [0.3, 0.4) is 0 Å². The fraction of sp³-hybridized carbons (Fsp3) is 0.500. The van der Waals surface area contributed by atoms with Gasteiger partial charge in [-0.05, 0) is 41.9 Å². The number of ether oxygens (including phenoxy) is 3. The molecule has 20 heavy (non-hydrogen) atoms. The Kier molecular flexibility index (Phi) is 6.81. The molecule has 0 bridgehead atoms. The molecule has 0 heterocycles. The molecule has 0 amide bonds. The molecule has 1 N–H and O–H groups in total. The maximum atomic E-state index is 11.1. The number of aromatic carboxylic acids is 1. The van der Waals surface area contributed by atoms with Gasteiger partial charge in [-0.3, -0.25) is 0 Å². The minimum atomic E-state index is -1.01. The van der Waals surface area contributed by atoms with Crippen LogP contribution in [0.25, 0.3) is 0 Å². The van der Waals surface area contributed by atoms with E-state index >= 15 is 0 Å². The van der Waals surface area contributed by atoms with Crippen molar-refractivity contribution in [1.29, 1.82) is 0 Å². The second-order valence-corrected chi connectivity index (χ2v) is 5.09. The topological polar surface area (TPSA) is 65.0 Å². The zero-order valence-electron chi connectivity index (χ0n) is 11.8. The predicted octanol–water partition coefficient (Wildman–Crippen LogP) is 3.35. The molecule has 0 aliphatic carbocycles. The van der Waals surface area contributed by atoms with E-state index in [2.05, 4.69) is 15.9 Å². The molecule has 0 aromatic heterocycles. The Morgan fingerprint density at radius 3 is 2.70 bits per heavy atom. The number of hydrogen-bond acceptors (Lipinski definition) is 4. The van der Waals surface area contributed by atoms with Crippen LogP contribution < -0.4 is 9.47 Å². The van der Waals surface area contributed by atoms with Gasteiger partial charge >= 0.3 is 5.97 Å². The highest BCUT2D eigenvalue weighted by Crippen LogP contribution is 2.37. The molecule has 0 fully saturated rings. The van der Waals surface area contributed by atoms with Crippen LogP contribution in [-0.4, -0.2) is 37.5 Å². The number of rotatable bonds is 8. The highest BCUT2D eigenvalue weighted by atomic mass is 79.9. The van der Waals surface area contributed by atoms with Crippen LogP contribution in [0.2, 0.25) is 0 Å². The van der Waals surface area contributed by atoms with Gasteiger partial charge in [0.15, 0.2) is 11.5 Å². The van der Waals surface area contributed by atoms with Gasteiger partial charge in [-0.2, -0.15) is 0 Å². The van der Waals surface area contributed by atoms with Crippen LogP contribution in [0.1, 0.15) is 30.6 Å². The summed E-state index contributed by atoms with van der Waals surface area (Å²) in [6, 6.07) is 2.97. The maximum Gasteiger partial charge on any atom is 0.335 e. The van der Waals surface area contributed by atoms with Crippen molar-refractivity contribution in [2.45, 2.75) is 26.4 Å². The normalized spacial score (nSPS) is 12.0.